The highest BCUT2D eigenvalue weighted by Gasteiger charge is 2.08. The van der Waals surface area contributed by atoms with Crippen LogP contribution in [0, 0.1) is 0 Å². The van der Waals surface area contributed by atoms with Gasteiger partial charge in [0.05, 0.1) is 5.69 Å². The van der Waals surface area contributed by atoms with E-state index >= 15 is 0 Å². The molecule has 1 aromatic heterocycles. The Bertz CT molecular complexity index is 717. The lowest BCUT2D eigenvalue weighted by atomic mass is 10.0. The van der Waals surface area contributed by atoms with E-state index in [0.717, 1.165) is 20.2 Å². The Morgan fingerprint density at radius 3 is 2.50 bits per heavy atom. The summed E-state index contributed by atoms with van der Waals surface area (Å²) in [5.74, 6) is 0. The summed E-state index contributed by atoms with van der Waals surface area (Å²) in [6.45, 7) is 0. The van der Waals surface area contributed by atoms with Crippen molar-refractivity contribution >= 4 is 42.6 Å². The molecule has 0 N–H and O–H groups in total. The van der Waals surface area contributed by atoms with Crippen LogP contribution in [0.15, 0.2) is 63.7 Å². The minimum Gasteiger partial charge on any atom is -0.254 e. The maximum absolute atomic E-state index is 4.50. The highest BCUT2D eigenvalue weighted by atomic mass is 79.9. The molecule has 0 aliphatic carbocycles. The summed E-state index contributed by atoms with van der Waals surface area (Å²) < 4.78 is 1.96. The van der Waals surface area contributed by atoms with Crippen molar-refractivity contribution < 1.29 is 0 Å². The molecule has 18 heavy (non-hydrogen) atoms. The Labute approximate surface area is 122 Å². The van der Waals surface area contributed by atoms with Gasteiger partial charge in [-0.15, -0.1) is 0 Å². The average molecular weight is 363 g/mol. The van der Waals surface area contributed by atoms with Crippen LogP contribution in [0.5, 0.6) is 0 Å². The molecular formula is C15H9Br2N. The molecule has 1 nitrogen and oxygen atoms in total. The second-order valence-electron chi connectivity index (χ2n) is 4.01. The van der Waals surface area contributed by atoms with Crippen LogP contribution < -0.4 is 0 Å². The van der Waals surface area contributed by atoms with Crippen LogP contribution in [0.3, 0.4) is 0 Å². The largest absolute Gasteiger partial charge is 0.254 e. The molecule has 0 aliphatic heterocycles. The fourth-order valence-corrected chi connectivity index (χ4v) is 3.25. The topological polar surface area (TPSA) is 12.9 Å². The first-order chi connectivity index (χ1) is 8.75. The SMILES string of the molecule is Brc1cnc(-c2cccc3ccccc23)c(Br)c1. The zero-order valence-electron chi connectivity index (χ0n) is 9.40. The number of fused-ring (bicyclic) bond motifs is 1. The fraction of sp³-hybridized carbons (Fsp3) is 0. The molecule has 2 aromatic carbocycles. The highest BCUT2D eigenvalue weighted by molar-refractivity contribution is 9.11. The molecule has 0 fully saturated rings. The Hall–Kier alpha value is -1.19. The zero-order valence-corrected chi connectivity index (χ0v) is 12.6. The van der Waals surface area contributed by atoms with Gasteiger partial charge in [-0.05, 0) is 48.7 Å². The number of pyridine rings is 1. The van der Waals surface area contributed by atoms with Crippen molar-refractivity contribution in [1.29, 1.82) is 0 Å². The molecule has 0 unspecified atom stereocenters. The first kappa shape index (κ1) is 11.9. The molecular weight excluding hydrogens is 354 g/mol. The quantitative estimate of drug-likeness (QED) is 0.562. The van der Waals surface area contributed by atoms with Crippen molar-refractivity contribution in [3.8, 4) is 11.3 Å². The van der Waals surface area contributed by atoms with Gasteiger partial charge in [0.2, 0.25) is 0 Å². The second-order valence-corrected chi connectivity index (χ2v) is 5.78. The van der Waals surface area contributed by atoms with Gasteiger partial charge in [-0.3, -0.25) is 4.98 Å². The normalized spacial score (nSPS) is 10.8. The molecule has 3 heteroatoms. The molecule has 0 aliphatic rings. The van der Waals surface area contributed by atoms with Crippen LogP contribution in [0.4, 0.5) is 0 Å². The lowest BCUT2D eigenvalue weighted by Gasteiger charge is -2.08. The second kappa shape index (κ2) is 4.82. The molecule has 1 heterocycles. The van der Waals surface area contributed by atoms with E-state index in [4.69, 9.17) is 0 Å². The van der Waals surface area contributed by atoms with Crippen LogP contribution in [0.25, 0.3) is 22.0 Å². The Kier molecular flexibility index (Phi) is 3.18. The van der Waals surface area contributed by atoms with E-state index in [0.29, 0.717) is 0 Å². The van der Waals surface area contributed by atoms with E-state index in [1.807, 2.05) is 12.3 Å². The standard InChI is InChI=1S/C15H9Br2N/c16-11-8-14(17)15(18-9-11)13-7-3-5-10-4-1-2-6-12(10)13/h1-9H. The van der Waals surface area contributed by atoms with Crippen LogP contribution >= 0.6 is 31.9 Å². The van der Waals surface area contributed by atoms with Gasteiger partial charge in [0, 0.05) is 20.7 Å². The molecule has 0 atom stereocenters. The first-order valence-electron chi connectivity index (χ1n) is 5.55. The summed E-state index contributed by atoms with van der Waals surface area (Å²) in [6.07, 6.45) is 1.82. The predicted octanol–water partition coefficient (Wildman–Crippen LogP) is 5.43. The third kappa shape index (κ3) is 2.08. The van der Waals surface area contributed by atoms with Gasteiger partial charge in [-0.25, -0.2) is 0 Å². The van der Waals surface area contributed by atoms with Crippen molar-refractivity contribution in [3.05, 3.63) is 63.7 Å². The Morgan fingerprint density at radius 1 is 0.889 bits per heavy atom. The number of rotatable bonds is 1. The van der Waals surface area contributed by atoms with Gasteiger partial charge in [-0.2, -0.15) is 0 Å². The average Bonchev–Trinajstić information content (AvgIpc) is 2.38. The number of aromatic nitrogens is 1. The predicted molar refractivity (Wildman–Crippen MR) is 82.6 cm³/mol. The summed E-state index contributed by atoms with van der Waals surface area (Å²) in [6, 6.07) is 16.6. The van der Waals surface area contributed by atoms with Gasteiger partial charge in [0.1, 0.15) is 0 Å². The Morgan fingerprint density at radius 2 is 1.67 bits per heavy atom. The molecule has 0 saturated heterocycles. The maximum atomic E-state index is 4.50. The first-order valence-corrected chi connectivity index (χ1v) is 7.13. The minimum absolute atomic E-state index is 0.968. The van der Waals surface area contributed by atoms with E-state index < -0.39 is 0 Å². The van der Waals surface area contributed by atoms with Crippen molar-refractivity contribution in [1.82, 2.24) is 4.98 Å². The van der Waals surface area contributed by atoms with Gasteiger partial charge in [-0.1, -0.05) is 42.5 Å². The monoisotopic (exact) mass is 361 g/mol. The van der Waals surface area contributed by atoms with Gasteiger partial charge in [0.25, 0.3) is 0 Å². The molecule has 0 saturated carbocycles. The van der Waals surface area contributed by atoms with E-state index in [1.54, 1.807) is 0 Å². The lowest BCUT2D eigenvalue weighted by Crippen LogP contribution is -1.87. The van der Waals surface area contributed by atoms with Crippen LogP contribution in [-0.2, 0) is 0 Å². The van der Waals surface area contributed by atoms with Gasteiger partial charge < -0.3 is 0 Å². The van der Waals surface area contributed by atoms with Crippen LogP contribution in [-0.4, -0.2) is 4.98 Å². The maximum Gasteiger partial charge on any atom is 0.0850 e. The van der Waals surface area contributed by atoms with Gasteiger partial charge >= 0.3 is 0 Å². The van der Waals surface area contributed by atoms with Crippen LogP contribution in [0.1, 0.15) is 0 Å². The fourth-order valence-electron chi connectivity index (χ4n) is 2.04. The smallest absolute Gasteiger partial charge is 0.0850 e. The third-order valence-corrected chi connectivity index (χ3v) is 3.89. The molecule has 0 amide bonds. The van der Waals surface area contributed by atoms with E-state index in [2.05, 4.69) is 79.3 Å². The molecule has 0 spiro atoms. The van der Waals surface area contributed by atoms with Crippen LogP contribution in [0.2, 0.25) is 0 Å². The highest BCUT2D eigenvalue weighted by Crippen LogP contribution is 2.33. The number of nitrogens with zero attached hydrogens (tertiary/aromatic N) is 1. The number of hydrogen-bond acceptors (Lipinski definition) is 1. The lowest BCUT2D eigenvalue weighted by molar-refractivity contribution is 1.29. The molecule has 0 radical (unpaired) electrons. The zero-order chi connectivity index (χ0) is 12.5. The summed E-state index contributed by atoms with van der Waals surface area (Å²) in [5, 5.41) is 2.45. The number of hydrogen-bond donors (Lipinski definition) is 0. The van der Waals surface area contributed by atoms with Crippen molar-refractivity contribution in [2.45, 2.75) is 0 Å². The number of halogens is 2. The molecule has 3 aromatic rings. The summed E-state index contributed by atoms with van der Waals surface area (Å²) >= 11 is 7.00. The minimum atomic E-state index is 0.968. The van der Waals surface area contributed by atoms with Gasteiger partial charge in [0.15, 0.2) is 0 Å². The van der Waals surface area contributed by atoms with Crippen molar-refractivity contribution in [2.75, 3.05) is 0 Å². The third-order valence-electron chi connectivity index (χ3n) is 2.85. The Balaban J connectivity index is 2.31. The molecule has 88 valence electrons. The van der Waals surface area contributed by atoms with E-state index in [1.165, 1.54) is 10.8 Å². The summed E-state index contributed by atoms with van der Waals surface area (Å²) in [7, 11) is 0. The molecule has 3 rings (SSSR count). The van der Waals surface area contributed by atoms with E-state index in [9.17, 15) is 0 Å². The summed E-state index contributed by atoms with van der Waals surface area (Å²) in [4.78, 5) is 4.50. The van der Waals surface area contributed by atoms with Crippen molar-refractivity contribution in [3.63, 3.8) is 0 Å². The van der Waals surface area contributed by atoms with Crippen molar-refractivity contribution in [2.24, 2.45) is 0 Å². The molecule has 0 bridgehead atoms. The summed E-state index contributed by atoms with van der Waals surface area (Å²) in [5.41, 5.74) is 2.11. The van der Waals surface area contributed by atoms with E-state index in [-0.39, 0.29) is 0 Å². The number of benzene rings is 2.